The van der Waals surface area contributed by atoms with Gasteiger partial charge < -0.3 is 10.6 Å². The molecule has 2 unspecified atom stereocenters. The highest BCUT2D eigenvalue weighted by atomic mass is 19.4. The predicted molar refractivity (Wildman–Crippen MR) is 107 cm³/mol. The van der Waals surface area contributed by atoms with Crippen LogP contribution in [0.1, 0.15) is 45.6 Å². The van der Waals surface area contributed by atoms with E-state index in [0.717, 1.165) is 16.4 Å². The van der Waals surface area contributed by atoms with Gasteiger partial charge in [0, 0.05) is 13.0 Å². The summed E-state index contributed by atoms with van der Waals surface area (Å²) < 4.78 is 55.2. The highest BCUT2D eigenvalue weighted by Gasteiger charge is 2.47. The molecule has 31 heavy (non-hydrogen) atoms. The standard InChI is InChI=1S/C22H20F4N4O/c1-13-2-6-15(7-3-13)18-10-19(22(24,25)26)30-20(29-18)17(12-28-30)21(31)27-11-14-4-8-16(23)9-5-14/h2-9,12,18-19,29H,10-11H2,1H3,(H,27,31). The summed E-state index contributed by atoms with van der Waals surface area (Å²) in [5.74, 6) is -0.940. The highest BCUT2D eigenvalue weighted by Crippen LogP contribution is 2.44. The van der Waals surface area contributed by atoms with E-state index in [4.69, 9.17) is 0 Å². The zero-order valence-electron chi connectivity index (χ0n) is 16.6. The minimum absolute atomic E-state index is 0.0215. The SMILES string of the molecule is Cc1ccc(C2CC(C(F)(F)F)n3ncc(C(=O)NCc4ccc(F)cc4)c3N2)cc1. The summed E-state index contributed by atoms with van der Waals surface area (Å²) in [6.07, 6.45) is -3.62. The first kappa shape index (κ1) is 20.9. The van der Waals surface area contributed by atoms with E-state index in [9.17, 15) is 22.4 Å². The molecule has 2 heterocycles. The second kappa shape index (κ2) is 8.05. The van der Waals surface area contributed by atoms with Crippen molar-refractivity contribution in [2.45, 2.75) is 38.1 Å². The second-order valence-corrected chi connectivity index (χ2v) is 7.56. The topological polar surface area (TPSA) is 59.0 Å². The van der Waals surface area contributed by atoms with Gasteiger partial charge in [-0.2, -0.15) is 18.3 Å². The monoisotopic (exact) mass is 432 g/mol. The maximum absolute atomic E-state index is 13.8. The van der Waals surface area contributed by atoms with Crippen LogP contribution in [0.4, 0.5) is 23.4 Å². The Labute approximate surface area is 176 Å². The predicted octanol–water partition coefficient (Wildman–Crippen LogP) is 4.92. The number of aryl methyl sites for hydroxylation is 1. The summed E-state index contributed by atoms with van der Waals surface area (Å²) in [6.45, 7) is 2.00. The molecule has 1 aliphatic heterocycles. The molecule has 0 bridgehead atoms. The molecular formula is C22H20F4N4O. The molecule has 2 N–H and O–H groups in total. The lowest BCUT2D eigenvalue weighted by Crippen LogP contribution is -2.36. The van der Waals surface area contributed by atoms with E-state index in [1.807, 2.05) is 19.1 Å². The number of amides is 1. The Hall–Kier alpha value is -3.36. The summed E-state index contributed by atoms with van der Waals surface area (Å²) in [5.41, 5.74) is 2.38. The van der Waals surface area contributed by atoms with Crippen molar-refractivity contribution in [2.75, 3.05) is 5.32 Å². The minimum Gasteiger partial charge on any atom is -0.363 e. The number of hydrogen-bond donors (Lipinski definition) is 2. The van der Waals surface area contributed by atoms with Crippen molar-refractivity contribution in [3.05, 3.63) is 82.8 Å². The van der Waals surface area contributed by atoms with Crippen LogP contribution in [0.15, 0.2) is 54.7 Å². The van der Waals surface area contributed by atoms with Gasteiger partial charge >= 0.3 is 6.18 Å². The van der Waals surface area contributed by atoms with Crippen LogP contribution in [0.3, 0.4) is 0 Å². The van der Waals surface area contributed by atoms with Gasteiger partial charge in [0.2, 0.25) is 0 Å². The van der Waals surface area contributed by atoms with Crippen LogP contribution >= 0.6 is 0 Å². The first-order valence-corrected chi connectivity index (χ1v) is 9.72. The number of fused-ring (bicyclic) bond motifs is 1. The third-order valence-corrected chi connectivity index (χ3v) is 5.33. The van der Waals surface area contributed by atoms with Gasteiger partial charge in [0.1, 0.15) is 17.2 Å². The Morgan fingerprint density at radius 2 is 1.84 bits per heavy atom. The molecule has 0 saturated heterocycles. The van der Waals surface area contributed by atoms with Gasteiger partial charge in [0.25, 0.3) is 5.91 Å². The van der Waals surface area contributed by atoms with E-state index in [-0.39, 0.29) is 24.3 Å². The number of alkyl halides is 3. The molecular weight excluding hydrogens is 412 g/mol. The van der Waals surface area contributed by atoms with E-state index >= 15 is 0 Å². The van der Waals surface area contributed by atoms with Gasteiger partial charge in [-0.3, -0.25) is 4.79 Å². The molecule has 1 aliphatic rings. The smallest absolute Gasteiger partial charge is 0.363 e. The summed E-state index contributed by atoms with van der Waals surface area (Å²) in [6, 6.07) is 10.3. The summed E-state index contributed by atoms with van der Waals surface area (Å²) in [5, 5.41) is 9.57. The number of nitrogens with zero attached hydrogens (tertiary/aromatic N) is 2. The Morgan fingerprint density at radius 1 is 1.16 bits per heavy atom. The molecule has 0 fully saturated rings. The lowest BCUT2D eigenvalue weighted by atomic mass is 9.96. The van der Waals surface area contributed by atoms with Gasteiger partial charge in [-0.1, -0.05) is 42.0 Å². The fraction of sp³-hybridized carbons (Fsp3) is 0.273. The maximum Gasteiger partial charge on any atom is 0.410 e. The molecule has 4 rings (SSSR count). The van der Waals surface area contributed by atoms with Gasteiger partial charge in [-0.15, -0.1) is 0 Å². The highest BCUT2D eigenvalue weighted by molar-refractivity contribution is 5.98. The van der Waals surface area contributed by atoms with Crippen molar-refractivity contribution < 1.29 is 22.4 Å². The fourth-order valence-corrected chi connectivity index (χ4v) is 3.63. The minimum atomic E-state index is -4.52. The van der Waals surface area contributed by atoms with Crippen LogP contribution in [0, 0.1) is 12.7 Å². The van der Waals surface area contributed by atoms with Crippen LogP contribution in [0.2, 0.25) is 0 Å². The molecule has 0 aliphatic carbocycles. The zero-order chi connectivity index (χ0) is 22.2. The first-order chi connectivity index (χ1) is 14.7. The molecule has 162 valence electrons. The Kier molecular flexibility index (Phi) is 5.43. The number of aromatic nitrogens is 2. The third kappa shape index (κ3) is 4.40. The molecule has 3 aromatic rings. The van der Waals surface area contributed by atoms with E-state index < -0.39 is 30.0 Å². The summed E-state index contributed by atoms with van der Waals surface area (Å²) >= 11 is 0. The van der Waals surface area contributed by atoms with E-state index in [1.54, 1.807) is 12.1 Å². The lowest BCUT2D eigenvalue weighted by molar-refractivity contribution is -0.173. The zero-order valence-corrected chi connectivity index (χ0v) is 16.6. The molecule has 9 heteroatoms. The van der Waals surface area contributed by atoms with Crippen molar-refractivity contribution in [3.63, 3.8) is 0 Å². The van der Waals surface area contributed by atoms with Gasteiger partial charge in [-0.25, -0.2) is 9.07 Å². The van der Waals surface area contributed by atoms with Crippen molar-refractivity contribution in [1.82, 2.24) is 15.1 Å². The van der Waals surface area contributed by atoms with Crippen LogP contribution in [0.5, 0.6) is 0 Å². The lowest BCUT2D eigenvalue weighted by Gasteiger charge is -2.34. The van der Waals surface area contributed by atoms with Crippen LogP contribution < -0.4 is 10.6 Å². The summed E-state index contributed by atoms with van der Waals surface area (Å²) in [4.78, 5) is 12.7. The number of carbonyl (C=O) groups excluding carboxylic acids is 1. The van der Waals surface area contributed by atoms with Crippen LogP contribution in [-0.2, 0) is 6.54 Å². The molecule has 2 atom stereocenters. The average Bonchev–Trinajstić information content (AvgIpc) is 3.16. The number of hydrogen-bond acceptors (Lipinski definition) is 3. The van der Waals surface area contributed by atoms with Crippen molar-refractivity contribution in [2.24, 2.45) is 0 Å². The number of anilines is 1. The van der Waals surface area contributed by atoms with Gasteiger partial charge in [-0.05, 0) is 30.2 Å². The number of benzene rings is 2. The molecule has 1 aromatic heterocycles. The third-order valence-electron chi connectivity index (χ3n) is 5.33. The number of halogens is 4. The largest absolute Gasteiger partial charge is 0.410 e. The maximum atomic E-state index is 13.8. The Bertz CT molecular complexity index is 1070. The van der Waals surface area contributed by atoms with Crippen molar-refractivity contribution >= 4 is 11.7 Å². The number of nitrogens with one attached hydrogen (secondary N) is 2. The van der Waals surface area contributed by atoms with Crippen LogP contribution in [-0.4, -0.2) is 21.9 Å². The fourth-order valence-electron chi connectivity index (χ4n) is 3.63. The van der Waals surface area contributed by atoms with Crippen LogP contribution in [0.25, 0.3) is 0 Å². The van der Waals surface area contributed by atoms with E-state index in [0.29, 0.717) is 11.1 Å². The summed E-state index contributed by atoms with van der Waals surface area (Å²) in [7, 11) is 0. The normalized spacial score (nSPS) is 18.2. The Morgan fingerprint density at radius 3 is 2.48 bits per heavy atom. The molecule has 1 amide bonds. The molecule has 0 saturated carbocycles. The average molecular weight is 432 g/mol. The van der Waals surface area contributed by atoms with Gasteiger partial charge in [0.05, 0.1) is 12.2 Å². The number of rotatable bonds is 4. The van der Waals surface area contributed by atoms with Crippen molar-refractivity contribution in [1.29, 1.82) is 0 Å². The molecule has 5 nitrogen and oxygen atoms in total. The first-order valence-electron chi connectivity index (χ1n) is 9.72. The van der Waals surface area contributed by atoms with Crippen molar-refractivity contribution in [3.8, 4) is 0 Å². The molecule has 0 radical (unpaired) electrons. The van der Waals surface area contributed by atoms with Gasteiger partial charge in [0.15, 0.2) is 6.04 Å². The van der Waals surface area contributed by atoms with E-state index in [2.05, 4.69) is 15.7 Å². The van der Waals surface area contributed by atoms with E-state index in [1.165, 1.54) is 24.3 Å². The quantitative estimate of drug-likeness (QED) is 0.576. The molecule has 2 aromatic carbocycles. The second-order valence-electron chi connectivity index (χ2n) is 7.56. The molecule has 0 spiro atoms. The Balaban J connectivity index is 1.60. The number of carbonyl (C=O) groups is 1.